The minimum atomic E-state index is -0.569. The number of anilines is 1. The average Bonchev–Trinajstić information content (AvgIpc) is 3.17. The molecule has 0 atom stereocenters. The van der Waals surface area contributed by atoms with Gasteiger partial charge in [0.25, 0.3) is 11.6 Å². The van der Waals surface area contributed by atoms with Crippen molar-refractivity contribution in [1.82, 2.24) is 4.98 Å². The molecule has 1 N–H and O–H groups in total. The minimum Gasteiger partial charge on any atom is -0.494 e. The molecule has 3 rings (SSSR count). The second-order valence-electron chi connectivity index (χ2n) is 6.14. The predicted molar refractivity (Wildman–Crippen MR) is 114 cm³/mol. The SMILES string of the molecule is CCCCOc1ccc(-c2csc(NC(=O)c3ccc([N+](=O)[O-])cc3Cl)n2)cc1. The maximum atomic E-state index is 12.4. The molecule has 0 radical (unpaired) electrons. The quantitative estimate of drug-likeness (QED) is 0.276. The number of rotatable bonds is 8. The summed E-state index contributed by atoms with van der Waals surface area (Å²) in [6, 6.07) is 11.3. The Balaban J connectivity index is 1.67. The van der Waals surface area contributed by atoms with Gasteiger partial charge in [0.1, 0.15) is 5.75 Å². The maximum absolute atomic E-state index is 12.4. The third-order valence-electron chi connectivity index (χ3n) is 4.05. The highest BCUT2D eigenvalue weighted by molar-refractivity contribution is 7.14. The van der Waals surface area contributed by atoms with Gasteiger partial charge in [-0.15, -0.1) is 11.3 Å². The van der Waals surface area contributed by atoms with Gasteiger partial charge in [-0.05, 0) is 36.8 Å². The Morgan fingerprint density at radius 1 is 1.28 bits per heavy atom. The van der Waals surface area contributed by atoms with Crippen LogP contribution in [-0.2, 0) is 0 Å². The highest BCUT2D eigenvalue weighted by Gasteiger charge is 2.16. The summed E-state index contributed by atoms with van der Waals surface area (Å²) in [4.78, 5) is 27.0. The van der Waals surface area contributed by atoms with Gasteiger partial charge in [0, 0.05) is 23.1 Å². The molecule has 0 aliphatic carbocycles. The van der Waals surface area contributed by atoms with Crippen LogP contribution < -0.4 is 10.1 Å². The van der Waals surface area contributed by atoms with Crippen molar-refractivity contribution in [3.05, 3.63) is 68.5 Å². The van der Waals surface area contributed by atoms with Gasteiger partial charge in [-0.1, -0.05) is 24.9 Å². The van der Waals surface area contributed by atoms with Crippen LogP contribution in [-0.4, -0.2) is 22.4 Å². The van der Waals surface area contributed by atoms with Crippen LogP contribution in [0.2, 0.25) is 5.02 Å². The molecular weight excluding hydrogens is 414 g/mol. The second-order valence-corrected chi connectivity index (χ2v) is 7.40. The Bertz CT molecular complexity index is 1020. The molecule has 0 aliphatic rings. The number of unbranched alkanes of at least 4 members (excludes halogenated alkanes) is 1. The zero-order chi connectivity index (χ0) is 20.8. The summed E-state index contributed by atoms with van der Waals surface area (Å²) in [5, 5.41) is 15.7. The van der Waals surface area contributed by atoms with Crippen LogP contribution in [0.4, 0.5) is 10.8 Å². The van der Waals surface area contributed by atoms with Crippen LogP contribution in [0.5, 0.6) is 5.75 Å². The van der Waals surface area contributed by atoms with Crippen LogP contribution >= 0.6 is 22.9 Å². The number of ether oxygens (including phenoxy) is 1. The first-order valence-electron chi connectivity index (χ1n) is 8.92. The van der Waals surface area contributed by atoms with Crippen molar-refractivity contribution >= 4 is 39.7 Å². The highest BCUT2D eigenvalue weighted by atomic mass is 35.5. The molecule has 0 saturated carbocycles. The minimum absolute atomic E-state index is 0.00661. The van der Waals surface area contributed by atoms with Gasteiger partial charge >= 0.3 is 0 Å². The Morgan fingerprint density at radius 3 is 2.69 bits per heavy atom. The standard InChI is InChI=1S/C20H18ClN3O4S/c1-2-3-10-28-15-7-4-13(5-8-15)18-12-29-20(22-18)23-19(25)16-9-6-14(24(26)27)11-17(16)21/h4-9,11-12H,2-3,10H2,1H3,(H,22,23,25). The van der Waals surface area contributed by atoms with Gasteiger partial charge < -0.3 is 4.74 Å². The molecule has 0 bridgehead atoms. The van der Waals surface area contributed by atoms with Crippen molar-refractivity contribution in [2.45, 2.75) is 19.8 Å². The van der Waals surface area contributed by atoms with Crippen LogP contribution in [0, 0.1) is 10.1 Å². The number of nitro benzene ring substituents is 1. The van der Waals surface area contributed by atoms with Crippen molar-refractivity contribution in [2.24, 2.45) is 0 Å². The molecule has 0 fully saturated rings. The average molecular weight is 432 g/mol. The van der Waals surface area contributed by atoms with Gasteiger partial charge in [0.2, 0.25) is 0 Å². The molecule has 150 valence electrons. The van der Waals surface area contributed by atoms with Crippen molar-refractivity contribution in [2.75, 3.05) is 11.9 Å². The molecule has 29 heavy (non-hydrogen) atoms. The van der Waals surface area contributed by atoms with Gasteiger partial charge in [-0.25, -0.2) is 4.98 Å². The van der Waals surface area contributed by atoms with Crippen LogP contribution in [0.1, 0.15) is 30.1 Å². The topological polar surface area (TPSA) is 94.4 Å². The summed E-state index contributed by atoms with van der Waals surface area (Å²) < 4.78 is 5.65. The Morgan fingerprint density at radius 2 is 2.03 bits per heavy atom. The van der Waals surface area contributed by atoms with E-state index in [2.05, 4.69) is 17.2 Å². The lowest BCUT2D eigenvalue weighted by Crippen LogP contribution is -2.12. The van der Waals surface area contributed by atoms with E-state index in [1.807, 2.05) is 29.6 Å². The van der Waals surface area contributed by atoms with E-state index in [0.29, 0.717) is 11.7 Å². The number of halogens is 1. The molecule has 0 saturated heterocycles. The number of non-ortho nitro benzene ring substituents is 1. The number of hydrogen-bond donors (Lipinski definition) is 1. The fourth-order valence-electron chi connectivity index (χ4n) is 2.49. The van der Waals surface area contributed by atoms with E-state index < -0.39 is 10.8 Å². The number of amides is 1. The fraction of sp³-hybridized carbons (Fsp3) is 0.200. The number of hydrogen-bond acceptors (Lipinski definition) is 6. The molecule has 2 aromatic carbocycles. The number of nitro groups is 1. The van der Waals surface area contributed by atoms with E-state index in [1.54, 1.807) is 0 Å². The molecule has 0 spiro atoms. The summed E-state index contributed by atoms with van der Waals surface area (Å²) >= 11 is 7.28. The predicted octanol–water partition coefficient (Wildman–Crippen LogP) is 5.80. The number of aromatic nitrogens is 1. The number of carbonyl (C=O) groups excluding carboxylic acids is 1. The molecule has 1 heterocycles. The molecule has 0 unspecified atom stereocenters. The van der Waals surface area contributed by atoms with E-state index in [1.165, 1.54) is 23.5 Å². The second kappa shape index (κ2) is 9.49. The monoisotopic (exact) mass is 431 g/mol. The van der Waals surface area contributed by atoms with Crippen molar-refractivity contribution in [1.29, 1.82) is 0 Å². The summed E-state index contributed by atoms with van der Waals surface area (Å²) in [7, 11) is 0. The molecular formula is C20H18ClN3O4S. The largest absolute Gasteiger partial charge is 0.494 e. The highest BCUT2D eigenvalue weighted by Crippen LogP contribution is 2.28. The zero-order valence-electron chi connectivity index (χ0n) is 15.6. The van der Waals surface area contributed by atoms with Crippen LogP contribution in [0.15, 0.2) is 47.8 Å². The van der Waals surface area contributed by atoms with Gasteiger partial charge in [-0.2, -0.15) is 0 Å². The molecule has 1 aromatic heterocycles. The van der Waals surface area contributed by atoms with Crippen molar-refractivity contribution in [3.63, 3.8) is 0 Å². The zero-order valence-corrected chi connectivity index (χ0v) is 17.1. The summed E-state index contributed by atoms with van der Waals surface area (Å²) in [5.41, 5.74) is 1.59. The lowest BCUT2D eigenvalue weighted by molar-refractivity contribution is -0.384. The number of benzene rings is 2. The fourth-order valence-corrected chi connectivity index (χ4v) is 3.46. The lowest BCUT2D eigenvalue weighted by Gasteiger charge is -2.05. The first-order valence-corrected chi connectivity index (χ1v) is 10.2. The third kappa shape index (κ3) is 5.30. The summed E-state index contributed by atoms with van der Waals surface area (Å²) in [5.74, 6) is 0.323. The Hall–Kier alpha value is -2.97. The molecule has 9 heteroatoms. The maximum Gasteiger partial charge on any atom is 0.270 e. The van der Waals surface area contributed by atoms with E-state index in [4.69, 9.17) is 16.3 Å². The van der Waals surface area contributed by atoms with Gasteiger partial charge in [0.15, 0.2) is 5.13 Å². The number of nitrogens with one attached hydrogen (secondary N) is 1. The van der Waals surface area contributed by atoms with E-state index in [-0.39, 0.29) is 16.3 Å². The first-order chi connectivity index (χ1) is 14.0. The number of carbonyl (C=O) groups is 1. The van der Waals surface area contributed by atoms with E-state index in [9.17, 15) is 14.9 Å². The van der Waals surface area contributed by atoms with Crippen LogP contribution in [0.25, 0.3) is 11.3 Å². The molecule has 0 aliphatic heterocycles. The smallest absolute Gasteiger partial charge is 0.270 e. The Kier molecular flexibility index (Phi) is 6.79. The third-order valence-corrected chi connectivity index (χ3v) is 5.12. The van der Waals surface area contributed by atoms with Crippen molar-refractivity contribution in [3.8, 4) is 17.0 Å². The molecule has 3 aromatic rings. The van der Waals surface area contributed by atoms with Crippen LogP contribution in [0.3, 0.4) is 0 Å². The van der Waals surface area contributed by atoms with Gasteiger partial charge in [0.05, 0.1) is 27.8 Å². The van der Waals surface area contributed by atoms with E-state index >= 15 is 0 Å². The van der Waals surface area contributed by atoms with E-state index in [0.717, 1.165) is 35.9 Å². The number of nitrogens with zero attached hydrogens (tertiary/aromatic N) is 2. The first kappa shape index (κ1) is 20.8. The molecule has 7 nitrogen and oxygen atoms in total. The number of thiazole rings is 1. The summed E-state index contributed by atoms with van der Waals surface area (Å²) in [6.07, 6.45) is 2.09. The normalized spacial score (nSPS) is 10.6. The van der Waals surface area contributed by atoms with Gasteiger partial charge in [-0.3, -0.25) is 20.2 Å². The Labute approximate surface area is 176 Å². The van der Waals surface area contributed by atoms with Crippen molar-refractivity contribution < 1.29 is 14.5 Å². The summed E-state index contributed by atoms with van der Waals surface area (Å²) in [6.45, 7) is 2.80. The molecule has 1 amide bonds. The lowest BCUT2D eigenvalue weighted by atomic mass is 10.2.